The van der Waals surface area contributed by atoms with E-state index in [0.29, 0.717) is 41.3 Å². The van der Waals surface area contributed by atoms with Crippen LogP contribution in [0.4, 0.5) is 10.7 Å². The Morgan fingerprint density at radius 2 is 2.38 bits per heavy atom. The number of anilines is 2. The quantitative estimate of drug-likeness (QED) is 0.748. The Morgan fingerprint density at radius 1 is 1.57 bits per heavy atom. The van der Waals surface area contributed by atoms with E-state index in [1.54, 1.807) is 13.0 Å². The van der Waals surface area contributed by atoms with E-state index in [4.69, 9.17) is 10.3 Å². The van der Waals surface area contributed by atoms with Crippen molar-refractivity contribution in [2.45, 2.75) is 32.2 Å². The van der Waals surface area contributed by atoms with E-state index >= 15 is 0 Å². The number of rotatable bonds is 6. The molecule has 0 radical (unpaired) electrons. The van der Waals surface area contributed by atoms with Crippen LogP contribution in [0.3, 0.4) is 0 Å². The predicted octanol–water partition coefficient (Wildman–Crippen LogP) is 1.57. The van der Waals surface area contributed by atoms with Crippen LogP contribution in [0.25, 0.3) is 0 Å². The topological polar surface area (TPSA) is 106 Å². The zero-order valence-corrected chi connectivity index (χ0v) is 12.5. The van der Waals surface area contributed by atoms with Crippen molar-refractivity contribution in [2.75, 3.05) is 17.6 Å². The van der Waals surface area contributed by atoms with Crippen LogP contribution in [-0.2, 0) is 6.42 Å². The molecule has 1 aliphatic rings. The van der Waals surface area contributed by atoms with Gasteiger partial charge in [0.15, 0.2) is 5.82 Å². The summed E-state index contributed by atoms with van der Waals surface area (Å²) in [6.45, 7) is 2.43. The molecule has 3 rings (SSSR count). The first-order valence-electron chi connectivity index (χ1n) is 6.85. The average Bonchev–Trinajstić information content (AvgIpc) is 3.03. The van der Waals surface area contributed by atoms with Crippen LogP contribution in [-0.4, -0.2) is 28.6 Å². The molecule has 1 amide bonds. The summed E-state index contributed by atoms with van der Waals surface area (Å²) >= 11 is 1.36. The van der Waals surface area contributed by atoms with E-state index < -0.39 is 0 Å². The number of aromatic nitrogens is 2. The maximum atomic E-state index is 12.0. The van der Waals surface area contributed by atoms with E-state index in [2.05, 4.69) is 20.8 Å². The van der Waals surface area contributed by atoms with E-state index in [-0.39, 0.29) is 5.91 Å². The fourth-order valence-corrected chi connectivity index (χ4v) is 2.79. The average molecular weight is 307 g/mol. The second-order valence-electron chi connectivity index (χ2n) is 5.05. The monoisotopic (exact) mass is 307 g/mol. The number of carbonyl (C=O) groups is 1. The highest BCUT2D eigenvalue weighted by atomic mass is 32.1. The van der Waals surface area contributed by atoms with E-state index in [0.717, 1.165) is 17.8 Å². The molecule has 0 atom stereocenters. The highest BCUT2D eigenvalue weighted by Gasteiger charge is 2.25. The van der Waals surface area contributed by atoms with Crippen molar-refractivity contribution in [1.82, 2.24) is 15.5 Å². The van der Waals surface area contributed by atoms with Gasteiger partial charge >= 0.3 is 0 Å². The van der Waals surface area contributed by atoms with Crippen LogP contribution >= 0.6 is 11.3 Å². The summed E-state index contributed by atoms with van der Waals surface area (Å²) in [5, 5.41) is 10.8. The molecule has 1 fully saturated rings. The van der Waals surface area contributed by atoms with E-state index in [9.17, 15) is 4.79 Å². The number of carbonyl (C=O) groups excluding carboxylic acids is 1. The molecule has 2 aromatic heterocycles. The predicted molar refractivity (Wildman–Crippen MR) is 80.4 cm³/mol. The summed E-state index contributed by atoms with van der Waals surface area (Å²) in [7, 11) is 0. The molecule has 0 saturated heterocycles. The number of nitrogens with zero attached hydrogens (tertiary/aromatic N) is 2. The summed E-state index contributed by atoms with van der Waals surface area (Å²) in [5.41, 5.74) is 6.40. The molecular weight excluding hydrogens is 290 g/mol. The highest BCUT2D eigenvalue weighted by molar-refractivity contribution is 7.18. The summed E-state index contributed by atoms with van der Waals surface area (Å²) in [6.07, 6.45) is 2.75. The normalized spacial score (nSPS) is 14.1. The van der Waals surface area contributed by atoms with Gasteiger partial charge in [-0.15, -0.1) is 11.3 Å². The van der Waals surface area contributed by atoms with Crippen molar-refractivity contribution in [3.63, 3.8) is 0 Å². The van der Waals surface area contributed by atoms with Crippen LogP contribution in [0, 0.1) is 6.92 Å². The molecule has 21 heavy (non-hydrogen) atoms. The van der Waals surface area contributed by atoms with Gasteiger partial charge in [-0.25, -0.2) is 0 Å². The van der Waals surface area contributed by atoms with E-state index in [1.165, 1.54) is 11.3 Å². The first kappa shape index (κ1) is 13.9. The van der Waals surface area contributed by atoms with Crippen LogP contribution < -0.4 is 16.4 Å². The number of hydrogen-bond donors (Lipinski definition) is 3. The fraction of sp³-hybridized carbons (Fsp3) is 0.462. The summed E-state index contributed by atoms with van der Waals surface area (Å²) in [6, 6.07) is 2.11. The van der Waals surface area contributed by atoms with Crippen LogP contribution in [0.1, 0.15) is 34.2 Å². The SMILES string of the molecule is Cc1noc(CCNc2cc(N)c(C(=O)NC3CC3)s2)n1. The molecule has 7 nitrogen and oxygen atoms in total. The lowest BCUT2D eigenvalue weighted by Gasteiger charge is -2.01. The van der Waals surface area contributed by atoms with Crippen molar-refractivity contribution in [2.24, 2.45) is 0 Å². The third-order valence-electron chi connectivity index (χ3n) is 3.09. The Morgan fingerprint density at radius 3 is 3.05 bits per heavy atom. The first-order chi connectivity index (χ1) is 10.1. The molecule has 4 N–H and O–H groups in total. The molecule has 0 aromatic carbocycles. The van der Waals surface area contributed by atoms with E-state index in [1.807, 2.05) is 0 Å². The lowest BCUT2D eigenvalue weighted by atomic mass is 10.3. The van der Waals surface area contributed by atoms with Crippen molar-refractivity contribution >= 4 is 27.9 Å². The molecule has 2 aromatic rings. The zero-order valence-electron chi connectivity index (χ0n) is 11.7. The van der Waals surface area contributed by atoms with Crippen LogP contribution in [0.2, 0.25) is 0 Å². The Labute approximate surface area is 125 Å². The largest absolute Gasteiger partial charge is 0.397 e. The minimum Gasteiger partial charge on any atom is -0.397 e. The number of nitrogen functional groups attached to an aromatic ring is 1. The third kappa shape index (κ3) is 3.52. The minimum absolute atomic E-state index is 0.0828. The Hall–Kier alpha value is -2.09. The minimum atomic E-state index is -0.0828. The first-order valence-corrected chi connectivity index (χ1v) is 7.66. The number of nitrogens with two attached hydrogens (primary N) is 1. The summed E-state index contributed by atoms with van der Waals surface area (Å²) < 4.78 is 5.03. The van der Waals surface area contributed by atoms with Crippen molar-refractivity contribution in [3.8, 4) is 0 Å². The Bertz CT molecular complexity index is 647. The molecule has 0 bridgehead atoms. The number of nitrogens with one attached hydrogen (secondary N) is 2. The van der Waals surface area contributed by atoms with Gasteiger partial charge in [-0.1, -0.05) is 5.16 Å². The number of hydrogen-bond acceptors (Lipinski definition) is 7. The molecule has 2 heterocycles. The van der Waals surface area contributed by atoms with Crippen molar-refractivity contribution in [1.29, 1.82) is 0 Å². The lowest BCUT2D eigenvalue weighted by Crippen LogP contribution is -2.25. The van der Waals surface area contributed by atoms with Gasteiger partial charge in [0.2, 0.25) is 5.89 Å². The number of aryl methyl sites for hydroxylation is 1. The molecule has 112 valence electrons. The van der Waals surface area contributed by atoms with Crippen molar-refractivity contribution in [3.05, 3.63) is 22.7 Å². The van der Waals surface area contributed by atoms with Gasteiger partial charge < -0.3 is 20.9 Å². The molecule has 1 saturated carbocycles. The van der Waals surface area contributed by atoms with Gasteiger partial charge in [-0.2, -0.15) is 4.98 Å². The maximum Gasteiger partial charge on any atom is 0.263 e. The van der Waals surface area contributed by atoms with Gasteiger partial charge in [0.25, 0.3) is 5.91 Å². The lowest BCUT2D eigenvalue weighted by molar-refractivity contribution is 0.0956. The van der Waals surface area contributed by atoms with Crippen LogP contribution in [0.15, 0.2) is 10.6 Å². The van der Waals surface area contributed by atoms with Gasteiger partial charge in [0.05, 0.1) is 10.7 Å². The number of thiophene rings is 1. The smallest absolute Gasteiger partial charge is 0.263 e. The second kappa shape index (κ2) is 5.72. The van der Waals surface area contributed by atoms with Gasteiger partial charge in [-0.05, 0) is 25.8 Å². The second-order valence-corrected chi connectivity index (χ2v) is 6.11. The molecule has 0 unspecified atom stereocenters. The van der Waals surface area contributed by atoms with Gasteiger partial charge in [0, 0.05) is 19.0 Å². The fourth-order valence-electron chi connectivity index (χ4n) is 1.88. The number of amides is 1. The third-order valence-corrected chi connectivity index (χ3v) is 4.19. The highest BCUT2D eigenvalue weighted by Crippen LogP contribution is 2.30. The van der Waals surface area contributed by atoms with Crippen molar-refractivity contribution < 1.29 is 9.32 Å². The Balaban J connectivity index is 1.54. The van der Waals surface area contributed by atoms with Crippen LogP contribution in [0.5, 0.6) is 0 Å². The summed E-state index contributed by atoms with van der Waals surface area (Å²) in [4.78, 5) is 16.7. The molecule has 0 spiro atoms. The molecular formula is C13H17N5O2S. The maximum absolute atomic E-state index is 12.0. The molecule has 1 aliphatic carbocycles. The summed E-state index contributed by atoms with van der Waals surface area (Å²) in [5.74, 6) is 1.14. The van der Waals surface area contributed by atoms with Gasteiger partial charge in [0.1, 0.15) is 4.88 Å². The molecule has 8 heteroatoms. The molecule has 0 aliphatic heterocycles. The standard InChI is InChI=1S/C13H17N5O2S/c1-7-16-10(20-18-7)4-5-15-11-6-9(14)12(21-11)13(19)17-8-2-3-8/h6,8,15H,2-5,14H2,1H3,(H,17,19). The zero-order chi connectivity index (χ0) is 14.8. The van der Waals surface area contributed by atoms with Gasteiger partial charge in [-0.3, -0.25) is 4.79 Å². The Kier molecular flexibility index (Phi) is 3.78.